The third-order valence-electron chi connectivity index (χ3n) is 2.78. The van der Waals surface area contributed by atoms with Gasteiger partial charge in [0.2, 0.25) is 15.9 Å². The van der Waals surface area contributed by atoms with E-state index in [1.54, 1.807) is 0 Å². The van der Waals surface area contributed by atoms with Crippen molar-refractivity contribution < 1.29 is 18.1 Å². The minimum absolute atomic E-state index is 0.114. The van der Waals surface area contributed by atoms with Crippen LogP contribution in [-0.2, 0) is 14.8 Å². The number of rotatable bonds is 6. The zero-order valence-corrected chi connectivity index (χ0v) is 12.3. The summed E-state index contributed by atoms with van der Waals surface area (Å²) in [7, 11) is -4.10. The Hall–Kier alpha value is -1.71. The lowest BCUT2D eigenvalue weighted by Crippen LogP contribution is -2.37. The molecule has 0 unspecified atom stereocenters. The van der Waals surface area contributed by atoms with Gasteiger partial charge in [-0.05, 0) is 18.9 Å². The Labute approximate surface area is 125 Å². The van der Waals surface area contributed by atoms with Crippen molar-refractivity contribution in [2.75, 3.05) is 6.54 Å². The molecule has 0 spiro atoms. The highest BCUT2D eigenvalue weighted by Gasteiger charge is 2.25. The van der Waals surface area contributed by atoms with Gasteiger partial charge in [-0.3, -0.25) is 14.9 Å². The smallest absolute Gasteiger partial charge is 0.270 e. The molecule has 21 heavy (non-hydrogen) atoms. The van der Waals surface area contributed by atoms with Crippen LogP contribution in [0, 0.1) is 10.1 Å². The van der Waals surface area contributed by atoms with Gasteiger partial charge in [0.15, 0.2) is 0 Å². The number of non-ortho nitro benzene ring substituents is 1. The maximum Gasteiger partial charge on any atom is 0.270 e. The number of nitro benzene ring substituents is 1. The molecule has 1 saturated carbocycles. The summed E-state index contributed by atoms with van der Waals surface area (Å²) < 4.78 is 26.1. The minimum atomic E-state index is -4.10. The summed E-state index contributed by atoms with van der Waals surface area (Å²) >= 11 is 5.75. The molecule has 1 aliphatic carbocycles. The summed E-state index contributed by atoms with van der Waals surface area (Å²) in [6, 6.07) is 3.19. The average Bonchev–Trinajstić information content (AvgIpc) is 3.20. The van der Waals surface area contributed by atoms with Crippen molar-refractivity contribution >= 4 is 33.2 Å². The molecule has 114 valence electrons. The van der Waals surface area contributed by atoms with Crippen LogP contribution >= 0.6 is 11.6 Å². The third kappa shape index (κ3) is 4.13. The fourth-order valence-corrected chi connectivity index (χ4v) is 3.06. The molecular weight excluding hydrogens is 322 g/mol. The van der Waals surface area contributed by atoms with E-state index in [4.69, 9.17) is 11.6 Å². The standard InChI is InChI=1S/C11H12ClN3O5S/c12-9-4-3-8(15(17)18)5-10(9)21(19,20)13-6-11(16)14-7-1-2-7/h3-5,7,13H,1-2,6H2,(H,14,16). The van der Waals surface area contributed by atoms with Crippen LogP contribution in [0.5, 0.6) is 0 Å². The monoisotopic (exact) mass is 333 g/mol. The quantitative estimate of drug-likeness (QED) is 0.589. The van der Waals surface area contributed by atoms with Gasteiger partial charge in [0.05, 0.1) is 16.5 Å². The van der Waals surface area contributed by atoms with E-state index in [1.165, 1.54) is 0 Å². The van der Waals surface area contributed by atoms with E-state index in [1.807, 2.05) is 0 Å². The number of nitrogens with one attached hydrogen (secondary N) is 2. The zero-order chi connectivity index (χ0) is 15.6. The van der Waals surface area contributed by atoms with Gasteiger partial charge in [0, 0.05) is 18.2 Å². The average molecular weight is 334 g/mol. The SMILES string of the molecule is O=C(CNS(=O)(=O)c1cc([N+](=O)[O-])ccc1Cl)NC1CC1. The van der Waals surface area contributed by atoms with E-state index >= 15 is 0 Å². The Morgan fingerprint density at radius 1 is 1.43 bits per heavy atom. The summed E-state index contributed by atoms with van der Waals surface area (Å²) in [4.78, 5) is 21.0. The van der Waals surface area contributed by atoms with E-state index in [0.717, 1.165) is 31.0 Å². The lowest BCUT2D eigenvalue weighted by Gasteiger charge is -2.08. The molecule has 0 atom stereocenters. The van der Waals surface area contributed by atoms with Gasteiger partial charge in [0.1, 0.15) is 4.90 Å². The van der Waals surface area contributed by atoms with Crippen LogP contribution in [0.2, 0.25) is 5.02 Å². The van der Waals surface area contributed by atoms with E-state index in [9.17, 15) is 23.3 Å². The molecule has 1 aromatic rings. The molecule has 8 nitrogen and oxygen atoms in total. The molecule has 0 aromatic heterocycles. The predicted molar refractivity (Wildman–Crippen MR) is 74.5 cm³/mol. The van der Waals surface area contributed by atoms with E-state index in [0.29, 0.717) is 0 Å². The maximum absolute atomic E-state index is 12.0. The number of nitrogens with zero attached hydrogens (tertiary/aromatic N) is 1. The third-order valence-corrected chi connectivity index (χ3v) is 4.66. The van der Waals surface area contributed by atoms with Crippen LogP contribution in [0.25, 0.3) is 0 Å². The van der Waals surface area contributed by atoms with Crippen molar-refractivity contribution in [1.82, 2.24) is 10.0 Å². The first-order valence-corrected chi connectivity index (χ1v) is 7.88. The molecule has 1 fully saturated rings. The normalized spacial score (nSPS) is 14.7. The van der Waals surface area contributed by atoms with E-state index in [2.05, 4.69) is 10.0 Å². The van der Waals surface area contributed by atoms with Crippen LogP contribution in [0.4, 0.5) is 5.69 Å². The second-order valence-corrected chi connectivity index (χ2v) is 6.68. The summed E-state index contributed by atoms with van der Waals surface area (Å²) in [5, 5.41) is 13.1. The van der Waals surface area contributed by atoms with Gasteiger partial charge in [-0.15, -0.1) is 0 Å². The fraction of sp³-hybridized carbons (Fsp3) is 0.364. The number of benzene rings is 1. The van der Waals surface area contributed by atoms with E-state index < -0.39 is 38.0 Å². The number of amides is 1. The lowest BCUT2D eigenvalue weighted by atomic mass is 10.3. The Morgan fingerprint density at radius 2 is 2.10 bits per heavy atom. The molecule has 1 amide bonds. The van der Waals surface area contributed by atoms with Crippen molar-refractivity contribution in [1.29, 1.82) is 0 Å². The summed E-state index contributed by atoms with van der Waals surface area (Å²) in [6.07, 6.45) is 1.77. The number of carbonyl (C=O) groups is 1. The molecule has 2 rings (SSSR count). The van der Waals surface area contributed by atoms with Gasteiger partial charge in [0.25, 0.3) is 5.69 Å². The maximum atomic E-state index is 12.0. The molecule has 0 heterocycles. The van der Waals surface area contributed by atoms with Gasteiger partial charge in [-0.2, -0.15) is 0 Å². The molecule has 0 saturated heterocycles. The predicted octanol–water partition coefficient (Wildman–Crippen LogP) is 0.805. The number of hydrogen-bond acceptors (Lipinski definition) is 5. The van der Waals surface area contributed by atoms with Crippen molar-refractivity contribution in [3.05, 3.63) is 33.3 Å². The molecular formula is C11H12ClN3O5S. The van der Waals surface area contributed by atoms with Crippen LogP contribution in [0.1, 0.15) is 12.8 Å². The lowest BCUT2D eigenvalue weighted by molar-refractivity contribution is -0.385. The van der Waals surface area contributed by atoms with E-state index in [-0.39, 0.29) is 11.1 Å². The summed E-state index contributed by atoms with van der Waals surface area (Å²) in [5.74, 6) is -0.456. The van der Waals surface area contributed by atoms with Gasteiger partial charge in [-0.25, -0.2) is 13.1 Å². The van der Waals surface area contributed by atoms with Crippen LogP contribution in [0.15, 0.2) is 23.1 Å². The molecule has 1 aliphatic rings. The van der Waals surface area contributed by atoms with Gasteiger partial charge < -0.3 is 5.32 Å². The van der Waals surface area contributed by atoms with Crippen LogP contribution < -0.4 is 10.0 Å². The second kappa shape index (κ2) is 5.96. The van der Waals surface area contributed by atoms with Gasteiger partial charge in [-0.1, -0.05) is 11.6 Å². The second-order valence-electron chi connectivity index (χ2n) is 4.54. The molecule has 0 aliphatic heterocycles. The largest absolute Gasteiger partial charge is 0.352 e. The van der Waals surface area contributed by atoms with Crippen LogP contribution in [-0.4, -0.2) is 31.8 Å². The first kappa shape index (κ1) is 15.7. The number of sulfonamides is 1. The van der Waals surface area contributed by atoms with Crippen molar-refractivity contribution in [3.8, 4) is 0 Å². The first-order valence-electron chi connectivity index (χ1n) is 6.02. The number of hydrogen-bond donors (Lipinski definition) is 2. The Kier molecular flexibility index (Phi) is 4.45. The first-order chi connectivity index (χ1) is 9.79. The molecule has 0 radical (unpaired) electrons. The molecule has 2 N–H and O–H groups in total. The fourth-order valence-electron chi connectivity index (χ4n) is 1.56. The molecule has 10 heteroatoms. The zero-order valence-electron chi connectivity index (χ0n) is 10.7. The molecule has 1 aromatic carbocycles. The topological polar surface area (TPSA) is 118 Å². The number of carbonyl (C=O) groups excluding carboxylic acids is 1. The highest BCUT2D eigenvalue weighted by atomic mass is 35.5. The highest BCUT2D eigenvalue weighted by molar-refractivity contribution is 7.89. The van der Waals surface area contributed by atoms with Crippen LogP contribution in [0.3, 0.4) is 0 Å². The summed E-state index contributed by atoms with van der Waals surface area (Å²) in [5.41, 5.74) is -0.401. The van der Waals surface area contributed by atoms with Crippen molar-refractivity contribution in [2.45, 2.75) is 23.8 Å². The summed E-state index contributed by atoms with van der Waals surface area (Å²) in [6.45, 7) is -0.447. The van der Waals surface area contributed by atoms with Crippen molar-refractivity contribution in [2.24, 2.45) is 0 Å². The minimum Gasteiger partial charge on any atom is -0.352 e. The Bertz CT molecular complexity index is 687. The Balaban J connectivity index is 2.12. The Morgan fingerprint density at radius 3 is 2.67 bits per heavy atom. The number of nitro groups is 1. The highest BCUT2D eigenvalue weighted by Crippen LogP contribution is 2.25. The number of halogens is 1. The molecule has 0 bridgehead atoms. The van der Waals surface area contributed by atoms with Crippen molar-refractivity contribution in [3.63, 3.8) is 0 Å². The van der Waals surface area contributed by atoms with Gasteiger partial charge >= 0.3 is 0 Å².